The van der Waals surface area contributed by atoms with E-state index in [0.717, 1.165) is 17.2 Å². The molecule has 1 amide bonds. The summed E-state index contributed by atoms with van der Waals surface area (Å²) in [7, 11) is 1.54. The van der Waals surface area contributed by atoms with E-state index in [-0.39, 0.29) is 31.0 Å². The molecule has 0 aliphatic rings. The number of amides is 1. The minimum absolute atomic E-state index is 0.0691. The topological polar surface area (TPSA) is 140 Å². The van der Waals surface area contributed by atoms with Gasteiger partial charge < -0.3 is 25.0 Å². The lowest BCUT2D eigenvalue weighted by atomic mass is 10.0. The zero-order chi connectivity index (χ0) is 25.4. The number of ether oxygens (including phenoxy) is 2. The highest BCUT2D eigenvalue weighted by Crippen LogP contribution is 2.15. The lowest BCUT2D eigenvalue weighted by Gasteiger charge is -2.22. The van der Waals surface area contributed by atoms with Crippen molar-refractivity contribution in [3.63, 3.8) is 0 Å². The van der Waals surface area contributed by atoms with Gasteiger partial charge in [0, 0.05) is 6.07 Å². The smallest absolute Gasteiger partial charge is 0.354 e. The highest BCUT2D eigenvalue weighted by molar-refractivity contribution is 5.96. The number of aliphatic hydroxyl groups excluding tert-OH is 1. The molecule has 3 rings (SSSR count). The Bertz CT molecular complexity index is 1160. The number of carbonyl (C=O) groups is 3. The molecule has 0 saturated carbocycles. The molecule has 0 aliphatic heterocycles. The number of benzene rings is 2. The second kappa shape index (κ2) is 11.8. The lowest BCUT2D eigenvalue weighted by Crippen LogP contribution is -2.49. The Morgan fingerprint density at radius 3 is 2.34 bits per heavy atom. The van der Waals surface area contributed by atoms with Gasteiger partial charge in [0.05, 0.1) is 26.3 Å². The number of rotatable bonds is 11. The molecule has 3 N–H and O–H groups in total. The van der Waals surface area contributed by atoms with Crippen molar-refractivity contribution in [2.75, 3.05) is 13.7 Å². The third-order valence-corrected chi connectivity index (χ3v) is 5.25. The zero-order valence-electron chi connectivity index (χ0n) is 19.4. The van der Waals surface area contributed by atoms with Crippen LogP contribution in [0.15, 0.2) is 60.7 Å². The molecule has 1 heterocycles. The number of nitrogens with zero attached hydrogens (tertiary/aromatic N) is 2. The Kier molecular flexibility index (Phi) is 8.58. The number of carboxylic acid groups (broad SMARTS) is 1. The van der Waals surface area contributed by atoms with Gasteiger partial charge in [0.2, 0.25) is 0 Å². The summed E-state index contributed by atoms with van der Waals surface area (Å²) in [6.45, 7) is 1.79. The van der Waals surface area contributed by atoms with Crippen LogP contribution in [-0.2, 0) is 22.5 Å². The summed E-state index contributed by atoms with van der Waals surface area (Å²) in [6.07, 6.45) is -1.48. The van der Waals surface area contributed by atoms with Crippen molar-refractivity contribution >= 4 is 17.8 Å². The zero-order valence-corrected chi connectivity index (χ0v) is 19.4. The molecule has 0 spiro atoms. The maximum absolute atomic E-state index is 13.0. The first-order chi connectivity index (χ1) is 16.8. The number of carboxylic acids is 1. The van der Waals surface area contributed by atoms with E-state index in [9.17, 15) is 24.6 Å². The Hall–Kier alpha value is -4.18. The normalized spacial score (nSPS) is 12.4. The number of aromatic carboxylic acids is 1. The largest absolute Gasteiger partial charge is 0.497 e. The molecular formula is C25H27N3O7. The van der Waals surface area contributed by atoms with Crippen molar-refractivity contribution in [2.24, 2.45) is 0 Å². The first-order valence-electron chi connectivity index (χ1n) is 11.0. The summed E-state index contributed by atoms with van der Waals surface area (Å²) in [5.74, 6) is -2.20. The Morgan fingerprint density at radius 1 is 1.06 bits per heavy atom. The SMILES string of the molecule is CCOC(=O)[C@H](O)[C@@H](Cc1ccccc1)NC(=O)c1cc(C(=O)O)n(Cc2ccc(OC)cc2)n1. The first kappa shape index (κ1) is 25.4. The molecule has 184 valence electrons. The van der Waals surface area contributed by atoms with E-state index in [1.807, 2.05) is 6.07 Å². The van der Waals surface area contributed by atoms with E-state index in [1.54, 1.807) is 62.6 Å². The van der Waals surface area contributed by atoms with Crippen molar-refractivity contribution in [1.82, 2.24) is 15.1 Å². The van der Waals surface area contributed by atoms with Crippen LogP contribution in [0.25, 0.3) is 0 Å². The van der Waals surface area contributed by atoms with Crippen molar-refractivity contribution in [3.05, 3.63) is 83.2 Å². The van der Waals surface area contributed by atoms with Gasteiger partial charge in [0.25, 0.3) is 5.91 Å². The van der Waals surface area contributed by atoms with Crippen molar-refractivity contribution in [1.29, 1.82) is 0 Å². The molecule has 0 bridgehead atoms. The van der Waals surface area contributed by atoms with Crippen LogP contribution in [0.4, 0.5) is 0 Å². The highest BCUT2D eigenvalue weighted by Gasteiger charge is 2.30. The van der Waals surface area contributed by atoms with E-state index in [1.165, 1.54) is 4.68 Å². The minimum atomic E-state index is -1.63. The maximum Gasteiger partial charge on any atom is 0.354 e. The summed E-state index contributed by atoms with van der Waals surface area (Å²) < 4.78 is 11.2. The molecule has 10 nitrogen and oxygen atoms in total. The van der Waals surface area contributed by atoms with Gasteiger partial charge in [0.1, 0.15) is 11.4 Å². The maximum atomic E-state index is 13.0. The summed E-state index contributed by atoms with van der Waals surface area (Å²) in [6, 6.07) is 16.1. The van der Waals surface area contributed by atoms with Crippen molar-refractivity contribution < 1.29 is 34.1 Å². The van der Waals surface area contributed by atoms with E-state index >= 15 is 0 Å². The fourth-order valence-corrected chi connectivity index (χ4v) is 3.47. The van der Waals surface area contributed by atoms with Gasteiger partial charge in [-0.1, -0.05) is 42.5 Å². The highest BCUT2D eigenvalue weighted by atomic mass is 16.5. The van der Waals surface area contributed by atoms with Crippen LogP contribution >= 0.6 is 0 Å². The van der Waals surface area contributed by atoms with Crippen LogP contribution in [0.1, 0.15) is 39.0 Å². The summed E-state index contributed by atoms with van der Waals surface area (Å²) in [5, 5.41) is 26.9. The molecule has 2 aromatic carbocycles. The van der Waals surface area contributed by atoms with Gasteiger partial charge in [-0.3, -0.25) is 9.48 Å². The number of hydrogen-bond acceptors (Lipinski definition) is 7. The predicted molar refractivity (Wildman–Crippen MR) is 125 cm³/mol. The van der Waals surface area contributed by atoms with Crippen molar-refractivity contribution in [2.45, 2.75) is 32.0 Å². The average Bonchev–Trinajstić information content (AvgIpc) is 3.28. The number of aromatic nitrogens is 2. The van der Waals surface area contributed by atoms with Crippen LogP contribution in [0.5, 0.6) is 5.75 Å². The number of aliphatic hydroxyl groups is 1. The Labute approximate surface area is 202 Å². The molecule has 0 unspecified atom stereocenters. The number of esters is 1. The molecule has 1 aromatic heterocycles. The van der Waals surface area contributed by atoms with Gasteiger partial charge in [-0.25, -0.2) is 9.59 Å². The molecule has 0 fully saturated rings. The first-order valence-corrected chi connectivity index (χ1v) is 11.0. The molecule has 3 aromatic rings. The quantitative estimate of drug-likeness (QED) is 0.353. The Morgan fingerprint density at radius 2 is 1.74 bits per heavy atom. The molecule has 10 heteroatoms. The van der Waals surface area contributed by atoms with E-state index in [4.69, 9.17) is 9.47 Å². The summed E-state index contributed by atoms with van der Waals surface area (Å²) in [4.78, 5) is 36.9. The number of methoxy groups -OCH3 is 1. The fourth-order valence-electron chi connectivity index (χ4n) is 3.47. The third kappa shape index (κ3) is 6.67. The van der Waals surface area contributed by atoms with E-state index in [2.05, 4.69) is 10.4 Å². The molecule has 35 heavy (non-hydrogen) atoms. The number of hydrogen-bond donors (Lipinski definition) is 3. The van der Waals surface area contributed by atoms with Gasteiger partial charge >= 0.3 is 11.9 Å². The van der Waals surface area contributed by atoms with Gasteiger partial charge in [0.15, 0.2) is 11.8 Å². The van der Waals surface area contributed by atoms with Gasteiger partial charge in [-0.2, -0.15) is 5.10 Å². The fraction of sp³-hybridized carbons (Fsp3) is 0.280. The third-order valence-electron chi connectivity index (χ3n) is 5.25. The van der Waals surface area contributed by atoms with Crippen molar-refractivity contribution in [3.8, 4) is 5.75 Å². The summed E-state index contributed by atoms with van der Waals surface area (Å²) in [5.41, 5.74) is 1.18. The van der Waals surface area contributed by atoms with Crippen LogP contribution in [0, 0.1) is 0 Å². The van der Waals surface area contributed by atoms with Crippen LogP contribution in [-0.4, -0.2) is 63.7 Å². The predicted octanol–water partition coefficient (Wildman–Crippen LogP) is 1.90. The number of carbonyl (C=O) groups excluding carboxylic acids is 2. The second-order valence-corrected chi connectivity index (χ2v) is 7.69. The molecule has 0 aliphatic carbocycles. The lowest BCUT2D eigenvalue weighted by molar-refractivity contribution is -0.154. The molecule has 2 atom stereocenters. The summed E-state index contributed by atoms with van der Waals surface area (Å²) >= 11 is 0. The second-order valence-electron chi connectivity index (χ2n) is 7.69. The van der Waals surface area contributed by atoms with Crippen LogP contribution < -0.4 is 10.1 Å². The van der Waals surface area contributed by atoms with Gasteiger partial charge in [-0.05, 0) is 36.6 Å². The molecular weight excluding hydrogens is 454 g/mol. The standard InChI is InChI=1S/C25H27N3O7/c1-3-35-25(33)22(29)19(13-16-7-5-4-6-8-16)26-23(30)20-14-21(24(31)32)28(27-20)15-17-9-11-18(34-2)12-10-17/h4-12,14,19,22,29H,3,13,15H2,1-2H3,(H,26,30)(H,31,32)/t19-,22-/m1/s1. The van der Waals surface area contributed by atoms with E-state index < -0.39 is 30.0 Å². The number of nitrogens with one attached hydrogen (secondary N) is 1. The van der Waals surface area contributed by atoms with Crippen LogP contribution in [0.2, 0.25) is 0 Å². The van der Waals surface area contributed by atoms with Crippen LogP contribution in [0.3, 0.4) is 0 Å². The minimum Gasteiger partial charge on any atom is -0.497 e. The monoisotopic (exact) mass is 481 g/mol. The molecule has 0 saturated heterocycles. The average molecular weight is 482 g/mol. The Balaban J connectivity index is 1.83. The molecule has 0 radical (unpaired) electrons. The van der Waals surface area contributed by atoms with E-state index in [0.29, 0.717) is 5.75 Å². The van der Waals surface area contributed by atoms with Gasteiger partial charge in [-0.15, -0.1) is 0 Å².